The summed E-state index contributed by atoms with van der Waals surface area (Å²) in [5.74, 6) is 2.11. The summed E-state index contributed by atoms with van der Waals surface area (Å²) in [5.41, 5.74) is 0.900. The number of carbonyl (C=O) groups excluding carboxylic acids is 1. The number of esters is 1. The van der Waals surface area contributed by atoms with Crippen LogP contribution in [0.1, 0.15) is 32.6 Å². The van der Waals surface area contributed by atoms with Crippen LogP contribution in [0.5, 0.6) is 0 Å². The molecule has 0 aliphatic rings. The number of aliphatic hydroxyl groups excluding tert-OH is 2. The smallest absolute Gasteiger partial charge is 0.305 e. The highest BCUT2D eigenvalue weighted by Crippen LogP contribution is 2.07. The molecule has 4 nitrogen and oxygen atoms in total. The molecule has 0 heterocycles. The Hall–Kier alpha value is -1.83. The fraction of sp³-hybridized carbons (Fsp3) is 0.471. The number of aliphatic hydroxyl groups is 2. The summed E-state index contributed by atoms with van der Waals surface area (Å²) >= 11 is 0. The zero-order valence-electron chi connectivity index (χ0n) is 12.7. The van der Waals surface area contributed by atoms with E-state index in [9.17, 15) is 15.0 Å². The van der Waals surface area contributed by atoms with Gasteiger partial charge in [-0.2, -0.15) is 0 Å². The van der Waals surface area contributed by atoms with E-state index in [1.807, 2.05) is 13.0 Å². The van der Waals surface area contributed by atoms with E-state index in [1.54, 1.807) is 24.3 Å². The molecular formula is C17H24O4. The number of allylic oxidation sites excluding steroid dienone is 4. The van der Waals surface area contributed by atoms with Gasteiger partial charge in [-0.15, -0.1) is 12.3 Å². The van der Waals surface area contributed by atoms with Gasteiger partial charge in [0, 0.05) is 12.8 Å². The van der Waals surface area contributed by atoms with E-state index in [1.165, 1.54) is 7.11 Å². The Morgan fingerprint density at radius 2 is 2.05 bits per heavy atom. The first-order chi connectivity index (χ1) is 9.99. The summed E-state index contributed by atoms with van der Waals surface area (Å²) in [6.45, 7) is 1.87. The SMILES string of the molecule is C#CC[C@@H](O)C=CC=CC(C)=CC(O)CCCC(=O)OC. The molecule has 0 rings (SSSR count). The number of carbonyl (C=O) groups is 1. The molecule has 2 N–H and O–H groups in total. The second-order valence-electron chi connectivity index (χ2n) is 4.67. The Balaban J connectivity index is 4.10. The van der Waals surface area contributed by atoms with Gasteiger partial charge in [0.2, 0.25) is 0 Å². The van der Waals surface area contributed by atoms with Crippen LogP contribution in [0.25, 0.3) is 0 Å². The third kappa shape index (κ3) is 11.7. The van der Waals surface area contributed by atoms with Crippen LogP contribution in [0.3, 0.4) is 0 Å². The van der Waals surface area contributed by atoms with E-state index in [2.05, 4.69) is 10.7 Å². The normalized spacial score (nSPS) is 15.1. The number of hydrogen-bond acceptors (Lipinski definition) is 4. The van der Waals surface area contributed by atoms with Gasteiger partial charge in [-0.1, -0.05) is 36.0 Å². The lowest BCUT2D eigenvalue weighted by atomic mass is 10.1. The lowest BCUT2D eigenvalue weighted by molar-refractivity contribution is -0.140. The third-order valence-electron chi connectivity index (χ3n) is 2.69. The molecule has 0 saturated heterocycles. The van der Waals surface area contributed by atoms with Crippen molar-refractivity contribution in [3.05, 3.63) is 36.0 Å². The summed E-state index contributed by atoms with van der Waals surface area (Å²) in [4.78, 5) is 10.9. The Morgan fingerprint density at radius 1 is 1.33 bits per heavy atom. The number of ether oxygens (including phenoxy) is 1. The van der Waals surface area contributed by atoms with Crippen molar-refractivity contribution in [2.24, 2.45) is 0 Å². The van der Waals surface area contributed by atoms with Crippen LogP contribution in [0, 0.1) is 12.3 Å². The van der Waals surface area contributed by atoms with E-state index in [0.29, 0.717) is 19.3 Å². The molecule has 0 bridgehead atoms. The second kappa shape index (κ2) is 12.0. The molecule has 2 atom stereocenters. The Kier molecular flexibility index (Phi) is 10.9. The number of hydrogen-bond donors (Lipinski definition) is 2. The van der Waals surface area contributed by atoms with E-state index >= 15 is 0 Å². The van der Waals surface area contributed by atoms with Gasteiger partial charge in [-0.05, 0) is 19.8 Å². The Labute approximate surface area is 126 Å². The van der Waals surface area contributed by atoms with Gasteiger partial charge in [-0.3, -0.25) is 4.79 Å². The van der Waals surface area contributed by atoms with Gasteiger partial charge in [0.1, 0.15) is 0 Å². The molecule has 0 aliphatic carbocycles. The lowest BCUT2D eigenvalue weighted by Gasteiger charge is -2.05. The van der Waals surface area contributed by atoms with Crippen LogP contribution >= 0.6 is 0 Å². The van der Waals surface area contributed by atoms with E-state index < -0.39 is 12.2 Å². The van der Waals surface area contributed by atoms with Crippen LogP contribution in [0.2, 0.25) is 0 Å². The van der Waals surface area contributed by atoms with Crippen LogP contribution in [0.4, 0.5) is 0 Å². The van der Waals surface area contributed by atoms with Crippen LogP contribution in [0.15, 0.2) is 36.0 Å². The minimum atomic E-state index is -0.632. The molecule has 0 saturated carbocycles. The molecule has 0 amide bonds. The van der Waals surface area contributed by atoms with Gasteiger partial charge in [0.15, 0.2) is 0 Å². The zero-order chi connectivity index (χ0) is 16.1. The van der Waals surface area contributed by atoms with Gasteiger partial charge >= 0.3 is 5.97 Å². The van der Waals surface area contributed by atoms with Crippen molar-refractivity contribution in [2.75, 3.05) is 7.11 Å². The number of methoxy groups -OCH3 is 1. The molecule has 0 aromatic heterocycles. The van der Waals surface area contributed by atoms with Gasteiger partial charge in [0.05, 0.1) is 19.3 Å². The molecule has 0 aliphatic heterocycles. The first-order valence-corrected chi connectivity index (χ1v) is 6.89. The van der Waals surface area contributed by atoms with Crippen molar-refractivity contribution in [1.29, 1.82) is 0 Å². The summed E-state index contributed by atoms with van der Waals surface area (Å²) in [7, 11) is 1.35. The fourth-order valence-electron chi connectivity index (χ4n) is 1.59. The predicted molar refractivity (Wildman–Crippen MR) is 83.4 cm³/mol. The van der Waals surface area contributed by atoms with Crippen molar-refractivity contribution >= 4 is 5.97 Å². The average Bonchev–Trinajstić information content (AvgIpc) is 2.43. The van der Waals surface area contributed by atoms with E-state index in [0.717, 1.165) is 5.57 Å². The summed E-state index contributed by atoms with van der Waals surface area (Å²) < 4.78 is 4.53. The summed E-state index contributed by atoms with van der Waals surface area (Å²) in [6.07, 6.45) is 14.2. The molecule has 116 valence electrons. The number of terminal acetylenes is 1. The Bertz CT molecular complexity index is 427. The first kappa shape index (κ1) is 19.2. The van der Waals surface area contributed by atoms with Crippen LogP contribution < -0.4 is 0 Å². The average molecular weight is 292 g/mol. The highest BCUT2D eigenvalue weighted by Gasteiger charge is 2.04. The molecule has 0 aromatic carbocycles. The third-order valence-corrected chi connectivity index (χ3v) is 2.69. The fourth-order valence-corrected chi connectivity index (χ4v) is 1.59. The standard InChI is InChI=1S/C17H24O4/c1-4-8-15(18)10-6-5-9-14(2)13-16(19)11-7-12-17(20)21-3/h1,5-6,9-10,13,15-16,18-19H,7-8,11-12H2,2-3H3/t15-,16?/m1/s1. The predicted octanol–water partition coefficient (Wildman–Crippen LogP) is 2.13. The van der Waals surface area contributed by atoms with Crippen LogP contribution in [-0.2, 0) is 9.53 Å². The Morgan fingerprint density at radius 3 is 2.67 bits per heavy atom. The summed E-state index contributed by atoms with van der Waals surface area (Å²) in [6, 6.07) is 0. The van der Waals surface area contributed by atoms with Crippen molar-refractivity contribution in [3.8, 4) is 12.3 Å². The lowest BCUT2D eigenvalue weighted by Crippen LogP contribution is -2.06. The molecule has 0 fully saturated rings. The van der Waals surface area contributed by atoms with Crippen molar-refractivity contribution in [1.82, 2.24) is 0 Å². The molecule has 1 unspecified atom stereocenters. The van der Waals surface area contributed by atoms with Gasteiger partial charge in [-0.25, -0.2) is 0 Å². The molecule has 0 radical (unpaired) electrons. The minimum Gasteiger partial charge on any atom is -0.469 e. The van der Waals surface area contributed by atoms with Crippen molar-refractivity contribution in [2.45, 2.75) is 44.8 Å². The van der Waals surface area contributed by atoms with Crippen molar-refractivity contribution in [3.63, 3.8) is 0 Å². The molecular weight excluding hydrogens is 268 g/mol. The highest BCUT2D eigenvalue weighted by atomic mass is 16.5. The monoisotopic (exact) mass is 292 g/mol. The highest BCUT2D eigenvalue weighted by molar-refractivity contribution is 5.68. The maximum Gasteiger partial charge on any atom is 0.305 e. The first-order valence-electron chi connectivity index (χ1n) is 6.89. The summed E-state index contributed by atoms with van der Waals surface area (Å²) in [5, 5.41) is 19.1. The maximum atomic E-state index is 10.9. The van der Waals surface area contributed by atoms with E-state index in [-0.39, 0.29) is 12.4 Å². The maximum absolute atomic E-state index is 10.9. The van der Waals surface area contributed by atoms with Gasteiger partial charge in [0.25, 0.3) is 0 Å². The molecule has 0 aromatic rings. The minimum absolute atomic E-state index is 0.265. The molecule has 0 spiro atoms. The zero-order valence-corrected chi connectivity index (χ0v) is 12.7. The van der Waals surface area contributed by atoms with Crippen LogP contribution in [-0.4, -0.2) is 35.5 Å². The quantitative estimate of drug-likeness (QED) is 0.388. The number of rotatable bonds is 9. The van der Waals surface area contributed by atoms with Crippen molar-refractivity contribution < 1.29 is 19.7 Å². The molecule has 4 heteroatoms. The van der Waals surface area contributed by atoms with Gasteiger partial charge < -0.3 is 14.9 Å². The molecule has 21 heavy (non-hydrogen) atoms. The van der Waals surface area contributed by atoms with E-state index in [4.69, 9.17) is 6.42 Å². The largest absolute Gasteiger partial charge is 0.469 e. The topological polar surface area (TPSA) is 66.8 Å². The second-order valence-corrected chi connectivity index (χ2v) is 4.67.